The van der Waals surface area contributed by atoms with E-state index in [1.54, 1.807) is 49.5 Å². The zero-order chi connectivity index (χ0) is 18.2. The number of carbonyl (C=O) groups is 1. The number of ether oxygens (including phenoxy) is 1. The lowest BCUT2D eigenvalue weighted by molar-refractivity contribution is -0.202. The maximum absolute atomic E-state index is 13.8. The van der Waals surface area contributed by atoms with Gasteiger partial charge in [0.15, 0.2) is 0 Å². The molecule has 0 aliphatic carbocycles. The topological polar surface area (TPSA) is 54.3 Å². The summed E-state index contributed by atoms with van der Waals surface area (Å²) in [7, 11) is 0.876. The van der Waals surface area contributed by atoms with Gasteiger partial charge in [0, 0.05) is 11.8 Å². The number of allylic oxidation sites excluding steroid dienone is 2. The summed E-state index contributed by atoms with van der Waals surface area (Å²) >= 11 is 0. The molecule has 0 N–H and O–H groups in total. The molecule has 0 saturated carbocycles. The van der Waals surface area contributed by atoms with Gasteiger partial charge in [0.25, 0.3) is 0 Å². The van der Waals surface area contributed by atoms with Gasteiger partial charge in [0.05, 0.1) is 7.11 Å². The predicted octanol–water partition coefficient (Wildman–Crippen LogP) is 3.05. The van der Waals surface area contributed by atoms with Crippen molar-refractivity contribution >= 4 is 17.6 Å². The first-order valence-corrected chi connectivity index (χ1v) is 7.34. The molecule has 0 amide bonds. The number of alkyl halides is 3. The first-order chi connectivity index (χ1) is 11.8. The van der Waals surface area contributed by atoms with E-state index in [1.165, 1.54) is 11.0 Å². The van der Waals surface area contributed by atoms with Crippen molar-refractivity contribution in [2.45, 2.75) is 18.8 Å². The molecule has 1 aromatic rings. The molecule has 0 radical (unpaired) electrons. The number of nitrogens with zero attached hydrogens (tertiary/aromatic N) is 3. The number of hydrogen-bond acceptors (Lipinski definition) is 5. The maximum Gasteiger partial charge on any atom is 0.445 e. The maximum atomic E-state index is 13.8. The van der Waals surface area contributed by atoms with Gasteiger partial charge >= 0.3 is 17.8 Å². The third kappa shape index (κ3) is 2.73. The number of carbonyl (C=O) groups excluding carboxylic acids is 1. The van der Waals surface area contributed by atoms with Crippen LogP contribution in [0.25, 0.3) is 0 Å². The van der Waals surface area contributed by atoms with E-state index in [1.807, 2.05) is 0 Å². The Balaban J connectivity index is 2.28. The van der Waals surface area contributed by atoms with Crippen molar-refractivity contribution in [2.24, 2.45) is 9.98 Å². The van der Waals surface area contributed by atoms with Crippen LogP contribution in [0.1, 0.15) is 12.5 Å². The predicted molar refractivity (Wildman–Crippen MR) is 86.0 cm³/mol. The third-order valence-electron chi connectivity index (χ3n) is 3.74. The first-order valence-electron chi connectivity index (χ1n) is 7.34. The number of fused-ring (bicyclic) bond motifs is 1. The molecule has 8 heteroatoms. The van der Waals surface area contributed by atoms with Gasteiger partial charge in [0.2, 0.25) is 0 Å². The summed E-state index contributed by atoms with van der Waals surface area (Å²) in [6.45, 7) is 1.79. The van der Waals surface area contributed by atoms with Crippen molar-refractivity contribution in [1.82, 2.24) is 4.90 Å². The van der Waals surface area contributed by atoms with E-state index in [0.717, 1.165) is 12.7 Å². The Labute approximate surface area is 141 Å². The van der Waals surface area contributed by atoms with E-state index in [0.29, 0.717) is 5.56 Å². The summed E-state index contributed by atoms with van der Waals surface area (Å²) < 4.78 is 45.7. The number of hydrogen-bond donors (Lipinski definition) is 0. The molecule has 5 nitrogen and oxygen atoms in total. The van der Waals surface area contributed by atoms with E-state index in [-0.39, 0.29) is 11.7 Å². The van der Waals surface area contributed by atoms with Crippen LogP contribution in [0.5, 0.6) is 0 Å². The van der Waals surface area contributed by atoms with Gasteiger partial charge in [-0.05, 0) is 18.6 Å². The Kier molecular flexibility index (Phi) is 3.98. The van der Waals surface area contributed by atoms with Crippen LogP contribution < -0.4 is 0 Å². The van der Waals surface area contributed by atoms with Crippen LogP contribution in [-0.2, 0) is 9.53 Å². The van der Waals surface area contributed by atoms with Crippen LogP contribution in [0.15, 0.2) is 64.2 Å². The minimum Gasteiger partial charge on any atom is -0.465 e. The second-order valence-corrected chi connectivity index (χ2v) is 5.51. The summed E-state index contributed by atoms with van der Waals surface area (Å²) in [6, 6.07) is 8.31. The summed E-state index contributed by atoms with van der Waals surface area (Å²) in [5.41, 5.74) is -2.10. The molecule has 1 aromatic carbocycles. The minimum absolute atomic E-state index is 0.0305. The highest BCUT2D eigenvalue weighted by atomic mass is 19.4. The fraction of sp³-hybridized carbons (Fsp3) is 0.235. The molecule has 25 heavy (non-hydrogen) atoms. The number of rotatable bonds is 2. The average Bonchev–Trinajstić information content (AvgIpc) is 2.60. The highest BCUT2D eigenvalue weighted by molar-refractivity contribution is 6.17. The lowest BCUT2D eigenvalue weighted by atomic mass is 10.1. The van der Waals surface area contributed by atoms with Crippen LogP contribution in [-0.4, -0.2) is 41.5 Å². The van der Waals surface area contributed by atoms with E-state index in [2.05, 4.69) is 14.7 Å². The number of amidine groups is 2. The Morgan fingerprint density at radius 3 is 2.44 bits per heavy atom. The molecule has 1 atom stereocenters. The number of halogens is 3. The fourth-order valence-corrected chi connectivity index (χ4v) is 2.52. The monoisotopic (exact) mass is 349 g/mol. The number of aliphatic imine (C=N–C) groups is 2. The van der Waals surface area contributed by atoms with Gasteiger partial charge in [-0.1, -0.05) is 36.4 Å². The normalized spacial score (nSPS) is 22.6. The smallest absolute Gasteiger partial charge is 0.445 e. The molecule has 0 bridgehead atoms. The molecule has 3 rings (SSSR count). The first kappa shape index (κ1) is 16.9. The molecule has 0 fully saturated rings. The Hall–Kier alpha value is -2.90. The van der Waals surface area contributed by atoms with Crippen LogP contribution in [0.4, 0.5) is 13.2 Å². The Morgan fingerprint density at radius 1 is 1.16 bits per heavy atom. The lowest BCUT2D eigenvalue weighted by Gasteiger charge is -2.36. The van der Waals surface area contributed by atoms with Crippen LogP contribution >= 0.6 is 0 Å². The third-order valence-corrected chi connectivity index (χ3v) is 3.74. The molecule has 0 saturated heterocycles. The quantitative estimate of drug-likeness (QED) is 0.771. The second-order valence-electron chi connectivity index (χ2n) is 5.51. The zero-order valence-corrected chi connectivity index (χ0v) is 13.4. The Morgan fingerprint density at radius 2 is 1.84 bits per heavy atom. The molecule has 0 unspecified atom stereocenters. The number of esters is 1. The van der Waals surface area contributed by atoms with Gasteiger partial charge in [0.1, 0.15) is 11.7 Å². The molecular weight excluding hydrogens is 335 g/mol. The molecular formula is C17H14F3N3O2. The van der Waals surface area contributed by atoms with Crippen molar-refractivity contribution in [3.63, 3.8) is 0 Å². The van der Waals surface area contributed by atoms with Gasteiger partial charge in [-0.2, -0.15) is 13.2 Å². The van der Waals surface area contributed by atoms with Crippen molar-refractivity contribution in [2.75, 3.05) is 7.11 Å². The van der Waals surface area contributed by atoms with E-state index < -0.39 is 17.8 Å². The van der Waals surface area contributed by atoms with Gasteiger partial charge < -0.3 is 4.74 Å². The van der Waals surface area contributed by atoms with Crippen molar-refractivity contribution in [1.29, 1.82) is 0 Å². The van der Waals surface area contributed by atoms with Crippen molar-refractivity contribution in [3.8, 4) is 0 Å². The number of benzene rings is 1. The van der Waals surface area contributed by atoms with E-state index in [9.17, 15) is 18.0 Å². The average molecular weight is 349 g/mol. The molecule has 130 valence electrons. The SMILES string of the molecule is COC(=O)[C@]1(C(F)(F)F)N=C2C=CC(C)=CN2C(c2ccccc2)=N1. The summed E-state index contributed by atoms with van der Waals surface area (Å²) in [5, 5.41) is 0. The minimum atomic E-state index is -5.05. The molecule has 2 aliphatic heterocycles. The molecule has 2 heterocycles. The standard InChI is InChI=1S/C17H14F3N3O2/c1-11-8-9-13-21-16(15(24)25-2,17(18,19)20)22-14(23(13)10-11)12-6-4-3-5-7-12/h3-10H,1-2H3/t16-/m0/s1. The van der Waals surface area contributed by atoms with Gasteiger partial charge in [-0.15, -0.1) is 0 Å². The summed E-state index contributed by atoms with van der Waals surface area (Å²) in [6.07, 6.45) is -0.413. The highest BCUT2D eigenvalue weighted by Gasteiger charge is 2.64. The van der Waals surface area contributed by atoms with Gasteiger partial charge in [-0.25, -0.2) is 14.8 Å². The molecule has 0 aromatic heterocycles. The van der Waals surface area contributed by atoms with Crippen molar-refractivity contribution < 1.29 is 22.7 Å². The summed E-state index contributed by atoms with van der Waals surface area (Å²) in [5.74, 6) is -1.65. The van der Waals surface area contributed by atoms with Gasteiger partial charge in [-0.3, -0.25) is 4.90 Å². The van der Waals surface area contributed by atoms with Crippen LogP contribution in [0.2, 0.25) is 0 Å². The second kappa shape index (κ2) is 5.87. The zero-order valence-electron chi connectivity index (χ0n) is 13.4. The van der Waals surface area contributed by atoms with Crippen LogP contribution in [0, 0.1) is 0 Å². The molecule has 0 spiro atoms. The summed E-state index contributed by atoms with van der Waals surface area (Å²) in [4.78, 5) is 20.8. The molecule has 2 aliphatic rings. The van der Waals surface area contributed by atoms with E-state index >= 15 is 0 Å². The fourth-order valence-electron chi connectivity index (χ4n) is 2.52. The van der Waals surface area contributed by atoms with E-state index in [4.69, 9.17) is 0 Å². The Bertz CT molecular complexity index is 825. The highest BCUT2D eigenvalue weighted by Crippen LogP contribution is 2.40. The lowest BCUT2D eigenvalue weighted by Crippen LogP contribution is -2.55. The largest absolute Gasteiger partial charge is 0.465 e. The van der Waals surface area contributed by atoms with Crippen molar-refractivity contribution in [3.05, 3.63) is 59.8 Å². The van der Waals surface area contributed by atoms with Crippen LogP contribution in [0.3, 0.4) is 0 Å². The number of methoxy groups -OCH3 is 1.